The number of rotatable bonds is 6. The van der Waals surface area contributed by atoms with Crippen molar-refractivity contribution in [3.8, 4) is 5.75 Å². The SMILES string of the molecule is COc1ccc(NC(=O)C(C)SCc2nc(N)c3ccccc3n2)cc1. The lowest BCUT2D eigenvalue weighted by Crippen LogP contribution is -2.22. The number of anilines is 2. The number of nitrogens with zero attached hydrogens (tertiary/aromatic N) is 2. The second kappa shape index (κ2) is 8.05. The number of nitrogen functional groups attached to an aromatic ring is 1. The average molecular weight is 368 g/mol. The van der Waals surface area contributed by atoms with Gasteiger partial charge in [-0.25, -0.2) is 9.97 Å². The molecule has 0 aliphatic heterocycles. The van der Waals surface area contributed by atoms with E-state index in [1.165, 1.54) is 11.8 Å². The van der Waals surface area contributed by atoms with E-state index < -0.39 is 0 Å². The van der Waals surface area contributed by atoms with E-state index in [1.54, 1.807) is 31.4 Å². The standard InChI is InChI=1S/C19H20N4O2S/c1-12(19(24)21-13-7-9-14(25-2)10-8-13)26-11-17-22-16-6-4-3-5-15(16)18(20)23-17/h3-10,12H,11H2,1-2H3,(H,21,24)(H2,20,22,23). The highest BCUT2D eigenvalue weighted by Crippen LogP contribution is 2.22. The summed E-state index contributed by atoms with van der Waals surface area (Å²) in [6.45, 7) is 1.86. The van der Waals surface area contributed by atoms with Crippen molar-refractivity contribution in [2.45, 2.75) is 17.9 Å². The van der Waals surface area contributed by atoms with Gasteiger partial charge in [-0.15, -0.1) is 11.8 Å². The summed E-state index contributed by atoms with van der Waals surface area (Å²) in [5.41, 5.74) is 7.54. The van der Waals surface area contributed by atoms with Gasteiger partial charge < -0.3 is 15.8 Å². The molecule has 3 aromatic rings. The number of carbonyl (C=O) groups excluding carboxylic acids is 1. The van der Waals surface area contributed by atoms with Crippen LogP contribution in [-0.2, 0) is 10.5 Å². The number of hydrogen-bond donors (Lipinski definition) is 2. The van der Waals surface area contributed by atoms with Crippen LogP contribution < -0.4 is 15.8 Å². The summed E-state index contributed by atoms with van der Waals surface area (Å²) in [4.78, 5) is 21.2. The third kappa shape index (κ3) is 4.23. The minimum atomic E-state index is -0.256. The molecule has 0 bridgehead atoms. The molecule has 1 atom stereocenters. The molecule has 0 aliphatic carbocycles. The van der Waals surface area contributed by atoms with Gasteiger partial charge in [0, 0.05) is 11.1 Å². The molecule has 134 valence electrons. The molecule has 0 saturated heterocycles. The predicted molar refractivity (Wildman–Crippen MR) is 106 cm³/mol. The maximum atomic E-state index is 12.3. The lowest BCUT2D eigenvalue weighted by Gasteiger charge is -2.12. The fourth-order valence-electron chi connectivity index (χ4n) is 2.41. The van der Waals surface area contributed by atoms with Crippen LogP contribution in [-0.4, -0.2) is 28.2 Å². The Hall–Kier alpha value is -2.80. The van der Waals surface area contributed by atoms with Crippen molar-refractivity contribution in [3.63, 3.8) is 0 Å². The number of para-hydroxylation sites is 1. The van der Waals surface area contributed by atoms with Gasteiger partial charge in [0.05, 0.1) is 23.6 Å². The van der Waals surface area contributed by atoms with Crippen LogP contribution >= 0.6 is 11.8 Å². The van der Waals surface area contributed by atoms with Crippen LogP contribution in [0.4, 0.5) is 11.5 Å². The summed E-state index contributed by atoms with van der Waals surface area (Å²) in [5, 5.41) is 3.47. The van der Waals surface area contributed by atoms with E-state index in [4.69, 9.17) is 10.5 Å². The zero-order valence-corrected chi connectivity index (χ0v) is 15.4. The Morgan fingerprint density at radius 3 is 2.65 bits per heavy atom. The number of fused-ring (bicyclic) bond motifs is 1. The maximum Gasteiger partial charge on any atom is 0.237 e. The number of ether oxygens (including phenoxy) is 1. The van der Waals surface area contributed by atoms with Crippen molar-refractivity contribution >= 4 is 40.1 Å². The van der Waals surface area contributed by atoms with Crippen molar-refractivity contribution < 1.29 is 9.53 Å². The van der Waals surface area contributed by atoms with Gasteiger partial charge in [-0.05, 0) is 43.3 Å². The van der Waals surface area contributed by atoms with Crippen molar-refractivity contribution in [1.29, 1.82) is 0 Å². The van der Waals surface area contributed by atoms with Crippen LogP contribution in [0, 0.1) is 0 Å². The van der Waals surface area contributed by atoms with Crippen LogP contribution in [0.2, 0.25) is 0 Å². The maximum absolute atomic E-state index is 12.3. The van der Waals surface area contributed by atoms with E-state index in [2.05, 4.69) is 15.3 Å². The summed E-state index contributed by atoms with van der Waals surface area (Å²) in [6.07, 6.45) is 0. The Morgan fingerprint density at radius 1 is 1.19 bits per heavy atom. The molecule has 1 unspecified atom stereocenters. The number of hydrogen-bond acceptors (Lipinski definition) is 6. The molecule has 0 fully saturated rings. The van der Waals surface area contributed by atoms with Gasteiger partial charge in [0.1, 0.15) is 17.4 Å². The Morgan fingerprint density at radius 2 is 1.92 bits per heavy atom. The Balaban J connectivity index is 1.60. The molecule has 26 heavy (non-hydrogen) atoms. The zero-order chi connectivity index (χ0) is 18.5. The first-order valence-electron chi connectivity index (χ1n) is 8.14. The van der Waals surface area contributed by atoms with Gasteiger partial charge >= 0.3 is 0 Å². The van der Waals surface area contributed by atoms with Crippen LogP contribution in [0.1, 0.15) is 12.7 Å². The summed E-state index contributed by atoms with van der Waals surface area (Å²) in [5.74, 6) is 2.26. The van der Waals surface area contributed by atoms with Crippen LogP contribution in [0.25, 0.3) is 10.9 Å². The molecule has 1 aromatic heterocycles. The van der Waals surface area contributed by atoms with Gasteiger partial charge in [0.15, 0.2) is 0 Å². The third-order valence-corrected chi connectivity index (χ3v) is 5.01. The highest BCUT2D eigenvalue weighted by atomic mass is 32.2. The molecule has 0 radical (unpaired) electrons. The van der Waals surface area contributed by atoms with E-state index in [1.807, 2.05) is 31.2 Å². The number of aromatic nitrogens is 2. The zero-order valence-electron chi connectivity index (χ0n) is 14.6. The van der Waals surface area contributed by atoms with Crippen molar-refractivity contribution in [2.24, 2.45) is 0 Å². The number of thioether (sulfide) groups is 1. The Labute approximate surface area is 156 Å². The number of carbonyl (C=O) groups is 1. The van der Waals surface area contributed by atoms with Crippen LogP contribution in [0.5, 0.6) is 5.75 Å². The van der Waals surface area contributed by atoms with Crippen LogP contribution in [0.15, 0.2) is 48.5 Å². The van der Waals surface area contributed by atoms with Gasteiger partial charge in [0.25, 0.3) is 0 Å². The average Bonchev–Trinajstić information content (AvgIpc) is 2.66. The van der Waals surface area contributed by atoms with Gasteiger partial charge in [0.2, 0.25) is 5.91 Å². The number of amides is 1. The summed E-state index contributed by atoms with van der Waals surface area (Å²) in [7, 11) is 1.61. The van der Waals surface area contributed by atoms with Crippen molar-refractivity contribution in [3.05, 3.63) is 54.4 Å². The number of methoxy groups -OCH3 is 1. The molecule has 3 rings (SSSR count). The molecule has 2 aromatic carbocycles. The highest BCUT2D eigenvalue weighted by Gasteiger charge is 2.15. The fourth-order valence-corrected chi connectivity index (χ4v) is 3.15. The molecule has 6 nitrogen and oxygen atoms in total. The first-order valence-corrected chi connectivity index (χ1v) is 9.19. The van der Waals surface area contributed by atoms with E-state index in [0.717, 1.165) is 22.3 Å². The van der Waals surface area contributed by atoms with E-state index in [-0.39, 0.29) is 11.2 Å². The van der Waals surface area contributed by atoms with Gasteiger partial charge in [-0.3, -0.25) is 4.79 Å². The smallest absolute Gasteiger partial charge is 0.237 e. The molecule has 0 saturated carbocycles. The summed E-state index contributed by atoms with van der Waals surface area (Å²) in [6, 6.07) is 14.8. The molecule has 1 heterocycles. The van der Waals surface area contributed by atoms with Crippen LogP contribution in [0.3, 0.4) is 0 Å². The van der Waals surface area contributed by atoms with E-state index in [9.17, 15) is 4.79 Å². The monoisotopic (exact) mass is 368 g/mol. The van der Waals surface area contributed by atoms with Gasteiger partial charge in [-0.2, -0.15) is 0 Å². The van der Waals surface area contributed by atoms with E-state index in [0.29, 0.717) is 17.4 Å². The largest absolute Gasteiger partial charge is 0.497 e. The predicted octanol–water partition coefficient (Wildman–Crippen LogP) is 3.48. The summed E-state index contributed by atoms with van der Waals surface area (Å²) < 4.78 is 5.11. The number of nitrogens with one attached hydrogen (secondary N) is 1. The fraction of sp³-hybridized carbons (Fsp3) is 0.211. The second-order valence-electron chi connectivity index (χ2n) is 5.71. The quantitative estimate of drug-likeness (QED) is 0.692. The Kier molecular flexibility index (Phi) is 5.58. The number of nitrogens with two attached hydrogens (primary N) is 1. The topological polar surface area (TPSA) is 90.1 Å². The first-order chi connectivity index (χ1) is 12.6. The van der Waals surface area contributed by atoms with Crippen molar-refractivity contribution in [2.75, 3.05) is 18.2 Å². The second-order valence-corrected chi connectivity index (χ2v) is 7.04. The van der Waals surface area contributed by atoms with Gasteiger partial charge in [-0.1, -0.05) is 12.1 Å². The minimum Gasteiger partial charge on any atom is -0.497 e. The van der Waals surface area contributed by atoms with Crippen molar-refractivity contribution in [1.82, 2.24) is 9.97 Å². The first kappa shape index (κ1) is 18.0. The highest BCUT2D eigenvalue weighted by molar-refractivity contribution is 7.99. The normalized spacial score (nSPS) is 11.9. The lowest BCUT2D eigenvalue weighted by molar-refractivity contribution is -0.115. The molecular weight excluding hydrogens is 348 g/mol. The summed E-state index contributed by atoms with van der Waals surface area (Å²) >= 11 is 1.46. The third-order valence-electron chi connectivity index (χ3n) is 3.87. The molecule has 0 aliphatic rings. The molecule has 0 spiro atoms. The Bertz CT molecular complexity index is 915. The number of benzene rings is 2. The molecule has 1 amide bonds. The minimum absolute atomic E-state index is 0.0751. The lowest BCUT2D eigenvalue weighted by atomic mass is 10.2. The molecule has 7 heteroatoms. The van der Waals surface area contributed by atoms with E-state index >= 15 is 0 Å². The molecular formula is C19H20N4O2S. The molecule has 3 N–H and O–H groups in total.